The number of hydrogen-bond donors (Lipinski definition) is 1. The summed E-state index contributed by atoms with van der Waals surface area (Å²) in [7, 11) is 0. The molecule has 0 atom stereocenters. The molecule has 0 aromatic heterocycles. The highest BCUT2D eigenvalue weighted by Gasteiger charge is 2.07. The first-order valence-electron chi connectivity index (χ1n) is 5.68. The zero-order chi connectivity index (χ0) is 14.7. The molecular formula is C14H10BrCl3N2. The van der Waals surface area contributed by atoms with E-state index in [1.807, 2.05) is 31.2 Å². The van der Waals surface area contributed by atoms with E-state index in [1.54, 1.807) is 12.1 Å². The molecule has 0 spiro atoms. The lowest BCUT2D eigenvalue weighted by Crippen LogP contribution is -2.00. The van der Waals surface area contributed by atoms with E-state index < -0.39 is 0 Å². The van der Waals surface area contributed by atoms with Crippen LogP contribution < -0.4 is 5.43 Å². The molecule has 0 aliphatic heterocycles. The van der Waals surface area contributed by atoms with Gasteiger partial charge in [-0.25, -0.2) is 0 Å². The van der Waals surface area contributed by atoms with Gasteiger partial charge in [-0.3, -0.25) is 5.43 Å². The van der Waals surface area contributed by atoms with Crippen LogP contribution in [-0.2, 0) is 0 Å². The average Bonchev–Trinajstić information content (AvgIpc) is 2.37. The standard InChI is InChI=1S/C14H10BrCl3N2/c1-8(9-3-2-4-10(15)5-9)19-20-14-12(17)6-11(16)7-13(14)18/h2-7,20H,1H3/b19-8+. The largest absolute Gasteiger partial charge is 0.275 e. The summed E-state index contributed by atoms with van der Waals surface area (Å²) in [5.74, 6) is 0. The minimum absolute atomic E-state index is 0.424. The molecule has 2 aromatic carbocycles. The molecule has 0 heterocycles. The minimum Gasteiger partial charge on any atom is -0.275 e. The van der Waals surface area contributed by atoms with Crippen LogP contribution in [0, 0.1) is 0 Å². The number of halogens is 4. The van der Waals surface area contributed by atoms with Gasteiger partial charge in [-0.2, -0.15) is 5.10 Å². The summed E-state index contributed by atoms with van der Waals surface area (Å²) < 4.78 is 0.993. The molecule has 0 unspecified atom stereocenters. The first-order chi connectivity index (χ1) is 9.47. The van der Waals surface area contributed by atoms with Gasteiger partial charge in [0.05, 0.1) is 21.4 Å². The van der Waals surface area contributed by atoms with Crippen molar-refractivity contribution in [2.75, 3.05) is 5.43 Å². The van der Waals surface area contributed by atoms with E-state index in [0.29, 0.717) is 20.8 Å². The number of nitrogens with one attached hydrogen (secondary N) is 1. The number of anilines is 1. The number of rotatable bonds is 3. The number of hydrogen-bond acceptors (Lipinski definition) is 2. The van der Waals surface area contributed by atoms with E-state index in [9.17, 15) is 0 Å². The Kier molecular flexibility index (Phi) is 5.33. The number of nitrogens with zero attached hydrogens (tertiary/aromatic N) is 1. The quantitative estimate of drug-likeness (QED) is 0.485. The summed E-state index contributed by atoms with van der Waals surface area (Å²) in [5.41, 5.74) is 5.22. The Labute approximate surface area is 140 Å². The highest BCUT2D eigenvalue weighted by molar-refractivity contribution is 9.10. The first kappa shape index (κ1) is 15.6. The molecule has 0 aliphatic carbocycles. The van der Waals surface area contributed by atoms with Crippen molar-refractivity contribution >= 4 is 62.1 Å². The normalized spacial score (nSPS) is 11.6. The second kappa shape index (κ2) is 6.81. The number of benzene rings is 2. The van der Waals surface area contributed by atoms with Gasteiger partial charge in [0.1, 0.15) is 0 Å². The third kappa shape index (κ3) is 3.89. The van der Waals surface area contributed by atoms with Crippen molar-refractivity contribution in [2.24, 2.45) is 5.10 Å². The molecule has 0 bridgehead atoms. The minimum atomic E-state index is 0.424. The summed E-state index contributed by atoms with van der Waals surface area (Å²) in [4.78, 5) is 0. The summed E-state index contributed by atoms with van der Waals surface area (Å²) in [5, 5.41) is 5.62. The maximum atomic E-state index is 6.08. The van der Waals surface area contributed by atoms with E-state index in [2.05, 4.69) is 26.5 Å². The van der Waals surface area contributed by atoms with E-state index in [1.165, 1.54) is 0 Å². The van der Waals surface area contributed by atoms with Crippen molar-refractivity contribution in [1.29, 1.82) is 0 Å². The van der Waals surface area contributed by atoms with Crippen LogP contribution in [0.3, 0.4) is 0 Å². The first-order valence-corrected chi connectivity index (χ1v) is 7.61. The Morgan fingerprint density at radius 2 is 1.75 bits per heavy atom. The third-order valence-electron chi connectivity index (χ3n) is 2.58. The van der Waals surface area contributed by atoms with Crippen LogP contribution >= 0.6 is 50.7 Å². The molecule has 20 heavy (non-hydrogen) atoms. The fraction of sp³-hybridized carbons (Fsp3) is 0.0714. The van der Waals surface area contributed by atoms with Crippen LogP contribution in [0.4, 0.5) is 5.69 Å². The molecular weight excluding hydrogens is 382 g/mol. The zero-order valence-electron chi connectivity index (χ0n) is 10.4. The SMILES string of the molecule is C/C(=N\Nc1c(Cl)cc(Cl)cc1Cl)c1cccc(Br)c1. The molecule has 0 saturated carbocycles. The van der Waals surface area contributed by atoms with Crippen LogP contribution in [0.15, 0.2) is 46.0 Å². The topological polar surface area (TPSA) is 24.4 Å². The number of hydrazone groups is 1. The molecule has 2 nitrogen and oxygen atoms in total. The molecule has 6 heteroatoms. The Balaban J connectivity index is 2.25. The summed E-state index contributed by atoms with van der Waals surface area (Å²) in [6.45, 7) is 1.90. The molecule has 104 valence electrons. The zero-order valence-corrected chi connectivity index (χ0v) is 14.3. The second-order valence-electron chi connectivity index (χ2n) is 4.06. The molecule has 2 aromatic rings. The van der Waals surface area contributed by atoms with E-state index in [4.69, 9.17) is 34.8 Å². The van der Waals surface area contributed by atoms with Crippen molar-refractivity contribution in [1.82, 2.24) is 0 Å². The molecule has 0 aliphatic rings. The molecule has 0 fully saturated rings. The van der Waals surface area contributed by atoms with Gasteiger partial charge in [0.25, 0.3) is 0 Å². The summed E-state index contributed by atoms with van der Waals surface area (Å²) >= 11 is 21.4. The van der Waals surface area contributed by atoms with Crippen molar-refractivity contribution in [3.63, 3.8) is 0 Å². The lowest BCUT2D eigenvalue weighted by molar-refractivity contribution is 1.32. The maximum absolute atomic E-state index is 6.08. The Bertz CT molecular complexity index is 648. The highest BCUT2D eigenvalue weighted by atomic mass is 79.9. The van der Waals surface area contributed by atoms with Gasteiger partial charge in [0, 0.05) is 9.50 Å². The van der Waals surface area contributed by atoms with Gasteiger partial charge in [0.2, 0.25) is 0 Å². The molecule has 0 radical (unpaired) electrons. The average molecular weight is 393 g/mol. The van der Waals surface area contributed by atoms with Gasteiger partial charge >= 0.3 is 0 Å². The van der Waals surface area contributed by atoms with E-state index in [0.717, 1.165) is 15.7 Å². The summed E-state index contributed by atoms with van der Waals surface area (Å²) in [6.07, 6.45) is 0. The Morgan fingerprint density at radius 1 is 1.10 bits per heavy atom. The van der Waals surface area contributed by atoms with Crippen LogP contribution in [-0.4, -0.2) is 5.71 Å². The monoisotopic (exact) mass is 390 g/mol. The van der Waals surface area contributed by atoms with Crippen LogP contribution in [0.25, 0.3) is 0 Å². The Morgan fingerprint density at radius 3 is 2.35 bits per heavy atom. The predicted molar refractivity (Wildman–Crippen MR) is 91.4 cm³/mol. The van der Waals surface area contributed by atoms with Crippen molar-refractivity contribution in [3.8, 4) is 0 Å². The highest BCUT2D eigenvalue weighted by Crippen LogP contribution is 2.33. The van der Waals surface area contributed by atoms with Gasteiger partial charge in [-0.1, -0.05) is 62.9 Å². The van der Waals surface area contributed by atoms with Crippen LogP contribution in [0.5, 0.6) is 0 Å². The smallest absolute Gasteiger partial charge is 0.0935 e. The maximum Gasteiger partial charge on any atom is 0.0935 e. The van der Waals surface area contributed by atoms with Gasteiger partial charge < -0.3 is 0 Å². The van der Waals surface area contributed by atoms with Crippen LogP contribution in [0.1, 0.15) is 12.5 Å². The van der Waals surface area contributed by atoms with Crippen molar-refractivity contribution in [2.45, 2.75) is 6.92 Å². The van der Waals surface area contributed by atoms with Crippen molar-refractivity contribution < 1.29 is 0 Å². The van der Waals surface area contributed by atoms with Gasteiger partial charge in [-0.05, 0) is 36.8 Å². The van der Waals surface area contributed by atoms with Crippen molar-refractivity contribution in [3.05, 3.63) is 61.5 Å². The van der Waals surface area contributed by atoms with Crippen LogP contribution in [0.2, 0.25) is 15.1 Å². The molecule has 0 amide bonds. The molecule has 1 N–H and O–H groups in total. The lowest BCUT2D eigenvalue weighted by atomic mass is 10.1. The fourth-order valence-electron chi connectivity index (χ4n) is 1.57. The predicted octanol–water partition coefficient (Wildman–Crippen LogP) is 6.25. The molecule has 0 saturated heterocycles. The Hall–Kier alpha value is -0.740. The van der Waals surface area contributed by atoms with Gasteiger partial charge in [-0.15, -0.1) is 0 Å². The molecule has 2 rings (SSSR count). The van der Waals surface area contributed by atoms with E-state index >= 15 is 0 Å². The second-order valence-corrected chi connectivity index (χ2v) is 6.23. The van der Waals surface area contributed by atoms with E-state index in [-0.39, 0.29) is 0 Å². The van der Waals surface area contributed by atoms with Gasteiger partial charge in [0.15, 0.2) is 0 Å². The fourth-order valence-corrected chi connectivity index (χ4v) is 2.87. The third-order valence-corrected chi connectivity index (χ3v) is 3.89. The lowest BCUT2D eigenvalue weighted by Gasteiger charge is -2.08. The summed E-state index contributed by atoms with van der Waals surface area (Å²) in [6, 6.07) is 11.1.